The lowest BCUT2D eigenvalue weighted by Gasteiger charge is -2.29. The van der Waals surface area contributed by atoms with E-state index < -0.39 is 6.04 Å². The summed E-state index contributed by atoms with van der Waals surface area (Å²) in [6, 6.07) is 21.6. The van der Waals surface area contributed by atoms with E-state index in [9.17, 15) is 4.79 Å². The van der Waals surface area contributed by atoms with Crippen LogP contribution in [0, 0.1) is 0 Å². The predicted octanol–water partition coefficient (Wildman–Crippen LogP) is 6.19. The minimum atomic E-state index is -0.597. The molecule has 1 amide bonds. The lowest BCUT2D eigenvalue weighted by atomic mass is 9.95. The van der Waals surface area contributed by atoms with Crippen LogP contribution in [0.1, 0.15) is 18.5 Å². The van der Waals surface area contributed by atoms with Crippen molar-refractivity contribution in [2.24, 2.45) is 0 Å². The number of carbonyl (C=O) groups excluding carboxylic acids is 1. The Morgan fingerprint density at radius 3 is 2.51 bits per heavy atom. The third-order valence-corrected chi connectivity index (χ3v) is 6.48. The van der Waals surface area contributed by atoms with E-state index in [4.69, 9.17) is 33.0 Å². The number of amides is 1. The first-order valence-corrected chi connectivity index (χ1v) is 11.6. The van der Waals surface area contributed by atoms with Crippen molar-refractivity contribution in [3.63, 3.8) is 0 Å². The summed E-state index contributed by atoms with van der Waals surface area (Å²) in [6.45, 7) is 1.84. The third-order valence-electron chi connectivity index (χ3n) is 5.74. The summed E-state index contributed by atoms with van der Waals surface area (Å²) in [6.07, 6.45) is 0. The fraction of sp³-hybridized carbons (Fsp3) is 0.115. The van der Waals surface area contributed by atoms with Gasteiger partial charge in [0.25, 0.3) is 5.91 Å². The number of nitrogens with one attached hydrogen (secondary N) is 2. The van der Waals surface area contributed by atoms with E-state index in [-0.39, 0.29) is 5.91 Å². The molecule has 5 rings (SSSR count). The second kappa shape index (κ2) is 9.44. The standard InChI is InChI=1S/C26H21Cl2N5O2/c1-15-22(25(34)30-20-10-6-7-11-21(20)35-2)23(17-12-13-18(27)19(28)14-17)33-26(29-15)31-24(32-33)16-8-4-3-5-9-16/h3-14,23H,1-2H3,(H,30,34)(H,29,31,32). The van der Waals surface area contributed by atoms with Gasteiger partial charge < -0.3 is 15.4 Å². The molecule has 1 aliphatic heterocycles. The maximum Gasteiger partial charge on any atom is 0.255 e. The average Bonchev–Trinajstić information content (AvgIpc) is 3.29. The molecule has 35 heavy (non-hydrogen) atoms. The predicted molar refractivity (Wildman–Crippen MR) is 138 cm³/mol. The number of allylic oxidation sites excluding steroid dienone is 1. The molecule has 4 aromatic rings. The first-order chi connectivity index (χ1) is 17.0. The molecule has 9 heteroatoms. The van der Waals surface area contributed by atoms with Crippen LogP contribution in [0.4, 0.5) is 11.6 Å². The van der Waals surface area contributed by atoms with Gasteiger partial charge in [-0.2, -0.15) is 4.98 Å². The number of rotatable bonds is 5. The van der Waals surface area contributed by atoms with Gasteiger partial charge in [0.1, 0.15) is 11.8 Å². The van der Waals surface area contributed by atoms with E-state index in [2.05, 4.69) is 15.6 Å². The highest BCUT2D eigenvalue weighted by Crippen LogP contribution is 2.39. The summed E-state index contributed by atoms with van der Waals surface area (Å²) in [4.78, 5) is 18.4. The number of para-hydroxylation sites is 2. The SMILES string of the molecule is COc1ccccc1NC(=O)C1=C(C)Nc2nc(-c3ccccc3)nn2C1c1ccc(Cl)c(Cl)c1. The topological polar surface area (TPSA) is 81.1 Å². The Hall–Kier alpha value is -3.81. The van der Waals surface area contributed by atoms with Gasteiger partial charge in [0.15, 0.2) is 5.82 Å². The first kappa shape index (κ1) is 23.0. The molecule has 0 saturated carbocycles. The molecular weight excluding hydrogens is 485 g/mol. The lowest BCUT2D eigenvalue weighted by Crippen LogP contribution is -2.31. The summed E-state index contributed by atoms with van der Waals surface area (Å²) < 4.78 is 7.10. The average molecular weight is 506 g/mol. The van der Waals surface area contributed by atoms with Crippen molar-refractivity contribution in [1.29, 1.82) is 0 Å². The highest BCUT2D eigenvalue weighted by Gasteiger charge is 2.35. The third kappa shape index (κ3) is 4.36. The van der Waals surface area contributed by atoms with E-state index in [0.29, 0.717) is 44.5 Å². The van der Waals surface area contributed by atoms with Gasteiger partial charge in [-0.25, -0.2) is 4.68 Å². The zero-order valence-electron chi connectivity index (χ0n) is 18.9. The van der Waals surface area contributed by atoms with Crippen LogP contribution in [0.2, 0.25) is 10.0 Å². The van der Waals surface area contributed by atoms with Gasteiger partial charge in [-0.3, -0.25) is 4.79 Å². The van der Waals surface area contributed by atoms with Gasteiger partial charge >= 0.3 is 0 Å². The number of hydrogen-bond acceptors (Lipinski definition) is 5. The molecule has 0 saturated heterocycles. The zero-order valence-corrected chi connectivity index (χ0v) is 20.4. The van der Waals surface area contributed by atoms with Crippen LogP contribution in [0.5, 0.6) is 5.75 Å². The molecule has 7 nitrogen and oxygen atoms in total. The molecule has 1 aromatic heterocycles. The summed E-state index contributed by atoms with van der Waals surface area (Å²) in [5.41, 5.74) is 3.28. The molecule has 1 atom stereocenters. The quantitative estimate of drug-likeness (QED) is 0.338. The van der Waals surface area contributed by atoms with E-state index in [0.717, 1.165) is 11.1 Å². The minimum absolute atomic E-state index is 0.307. The van der Waals surface area contributed by atoms with Crippen LogP contribution >= 0.6 is 23.2 Å². The van der Waals surface area contributed by atoms with Crippen LogP contribution in [0.25, 0.3) is 11.4 Å². The number of carbonyl (C=O) groups is 1. The zero-order chi connectivity index (χ0) is 24.5. The second-order valence-corrected chi connectivity index (χ2v) is 8.78. The Labute approximate surface area is 212 Å². The molecule has 176 valence electrons. The van der Waals surface area contributed by atoms with Crippen molar-refractivity contribution in [2.45, 2.75) is 13.0 Å². The highest BCUT2D eigenvalue weighted by atomic mass is 35.5. The van der Waals surface area contributed by atoms with Gasteiger partial charge in [-0.1, -0.05) is 71.7 Å². The number of methoxy groups -OCH3 is 1. The Kier molecular flexibility index (Phi) is 6.19. The molecule has 1 aliphatic rings. The van der Waals surface area contributed by atoms with Gasteiger partial charge in [0, 0.05) is 11.3 Å². The van der Waals surface area contributed by atoms with Gasteiger partial charge in [-0.15, -0.1) is 5.10 Å². The maximum absolute atomic E-state index is 13.7. The number of halogens is 2. The molecule has 2 heterocycles. The van der Waals surface area contributed by atoms with Crippen LogP contribution in [-0.2, 0) is 4.79 Å². The number of fused-ring (bicyclic) bond motifs is 1. The van der Waals surface area contributed by atoms with Crippen molar-refractivity contribution in [3.05, 3.63) is 99.7 Å². The first-order valence-electron chi connectivity index (χ1n) is 10.9. The number of hydrogen-bond donors (Lipinski definition) is 2. The summed E-state index contributed by atoms with van der Waals surface area (Å²) in [7, 11) is 1.56. The van der Waals surface area contributed by atoms with Gasteiger partial charge in [-0.05, 0) is 36.8 Å². The number of benzene rings is 3. The lowest BCUT2D eigenvalue weighted by molar-refractivity contribution is -0.113. The van der Waals surface area contributed by atoms with Crippen LogP contribution in [0.15, 0.2) is 84.1 Å². The highest BCUT2D eigenvalue weighted by molar-refractivity contribution is 6.42. The normalized spacial score (nSPS) is 14.8. The number of anilines is 2. The minimum Gasteiger partial charge on any atom is -0.495 e. The van der Waals surface area contributed by atoms with E-state index in [1.165, 1.54) is 0 Å². The Morgan fingerprint density at radius 1 is 1.03 bits per heavy atom. The van der Waals surface area contributed by atoms with Crippen molar-refractivity contribution in [1.82, 2.24) is 14.8 Å². The molecule has 3 aromatic carbocycles. The van der Waals surface area contributed by atoms with Crippen LogP contribution < -0.4 is 15.4 Å². The molecular formula is C26H21Cl2N5O2. The van der Waals surface area contributed by atoms with E-state index >= 15 is 0 Å². The van der Waals surface area contributed by atoms with E-state index in [1.807, 2.05) is 55.5 Å². The Bertz CT molecular complexity index is 1450. The Balaban J connectivity index is 1.62. The molecule has 0 aliphatic carbocycles. The molecule has 0 radical (unpaired) electrons. The molecule has 2 N–H and O–H groups in total. The fourth-order valence-corrected chi connectivity index (χ4v) is 4.39. The van der Waals surface area contributed by atoms with Crippen molar-refractivity contribution >= 4 is 40.7 Å². The smallest absolute Gasteiger partial charge is 0.255 e. The summed E-state index contributed by atoms with van der Waals surface area (Å²) >= 11 is 12.6. The fourth-order valence-electron chi connectivity index (χ4n) is 4.08. The largest absolute Gasteiger partial charge is 0.495 e. The second-order valence-electron chi connectivity index (χ2n) is 7.96. The van der Waals surface area contributed by atoms with Crippen molar-refractivity contribution < 1.29 is 9.53 Å². The molecule has 0 spiro atoms. The van der Waals surface area contributed by atoms with Crippen LogP contribution in [-0.4, -0.2) is 27.8 Å². The molecule has 0 bridgehead atoms. The van der Waals surface area contributed by atoms with Gasteiger partial charge in [0.05, 0.1) is 28.4 Å². The van der Waals surface area contributed by atoms with Gasteiger partial charge in [0.2, 0.25) is 5.95 Å². The van der Waals surface area contributed by atoms with Crippen LogP contribution in [0.3, 0.4) is 0 Å². The summed E-state index contributed by atoms with van der Waals surface area (Å²) in [5, 5.41) is 11.8. The molecule has 1 unspecified atom stereocenters. The molecule has 0 fully saturated rings. The summed E-state index contributed by atoms with van der Waals surface area (Å²) in [5.74, 6) is 1.31. The Morgan fingerprint density at radius 2 is 1.77 bits per heavy atom. The maximum atomic E-state index is 13.7. The number of aromatic nitrogens is 3. The monoisotopic (exact) mass is 505 g/mol. The van der Waals surface area contributed by atoms with Crippen molar-refractivity contribution in [3.8, 4) is 17.1 Å². The number of ether oxygens (including phenoxy) is 1. The van der Waals surface area contributed by atoms with E-state index in [1.54, 1.807) is 36.1 Å². The number of nitrogens with zero attached hydrogens (tertiary/aromatic N) is 3. The van der Waals surface area contributed by atoms with Crippen molar-refractivity contribution in [2.75, 3.05) is 17.7 Å².